The summed E-state index contributed by atoms with van der Waals surface area (Å²) in [7, 11) is 0. The Balaban J connectivity index is 1.82. The number of hydrogen-bond acceptors (Lipinski definition) is 6. The van der Waals surface area contributed by atoms with Gasteiger partial charge >= 0.3 is 6.01 Å². The van der Waals surface area contributed by atoms with Crippen LogP contribution < -0.4 is 16.2 Å². The number of rotatable bonds is 4. The highest BCUT2D eigenvalue weighted by molar-refractivity contribution is 6.12. The normalized spacial score (nSPS) is 10.3. The van der Waals surface area contributed by atoms with E-state index in [-0.39, 0.29) is 11.8 Å². The maximum atomic E-state index is 12.5. The highest BCUT2D eigenvalue weighted by atomic mass is 16.5. The molecule has 0 fully saturated rings. The molecule has 0 aliphatic heterocycles. The van der Waals surface area contributed by atoms with Crippen molar-refractivity contribution in [1.29, 1.82) is 0 Å². The van der Waals surface area contributed by atoms with Gasteiger partial charge in [0.25, 0.3) is 0 Å². The second kappa shape index (κ2) is 6.15. The van der Waals surface area contributed by atoms with E-state index < -0.39 is 0 Å². The molecule has 0 saturated heterocycles. The van der Waals surface area contributed by atoms with E-state index in [0.717, 1.165) is 0 Å². The highest BCUT2D eigenvalue weighted by Gasteiger charge is 2.13. The van der Waals surface area contributed by atoms with E-state index in [4.69, 9.17) is 16.2 Å². The van der Waals surface area contributed by atoms with Gasteiger partial charge in [0.2, 0.25) is 0 Å². The van der Waals surface area contributed by atoms with Crippen molar-refractivity contribution in [2.24, 2.45) is 0 Å². The molecule has 0 saturated carbocycles. The molecule has 0 radical (unpaired) electrons. The van der Waals surface area contributed by atoms with Gasteiger partial charge in [0.05, 0.1) is 0 Å². The largest absolute Gasteiger partial charge is 0.424 e. The van der Waals surface area contributed by atoms with Crippen LogP contribution in [0.15, 0.2) is 60.9 Å². The van der Waals surface area contributed by atoms with Gasteiger partial charge in [0.15, 0.2) is 5.78 Å². The zero-order chi connectivity index (χ0) is 16.2. The lowest BCUT2D eigenvalue weighted by molar-refractivity contribution is 0.103. The van der Waals surface area contributed by atoms with Gasteiger partial charge in [-0.1, -0.05) is 0 Å². The Hall–Kier alpha value is -3.41. The molecule has 0 atom stereocenters. The van der Waals surface area contributed by atoms with Crippen molar-refractivity contribution in [2.75, 3.05) is 11.5 Å². The van der Waals surface area contributed by atoms with Crippen molar-refractivity contribution in [2.45, 2.75) is 0 Å². The molecule has 6 nitrogen and oxygen atoms in total. The molecule has 6 heteroatoms. The Kier molecular flexibility index (Phi) is 3.88. The van der Waals surface area contributed by atoms with E-state index >= 15 is 0 Å². The first-order valence-corrected chi connectivity index (χ1v) is 6.88. The molecule has 0 unspecified atom stereocenters. The van der Waals surface area contributed by atoms with Crippen LogP contribution in [-0.2, 0) is 0 Å². The number of nitrogen functional groups attached to an aromatic ring is 2. The number of hydrogen-bond donors (Lipinski definition) is 2. The van der Waals surface area contributed by atoms with Crippen molar-refractivity contribution in [3.63, 3.8) is 0 Å². The van der Waals surface area contributed by atoms with E-state index in [2.05, 4.69) is 9.97 Å². The quantitative estimate of drug-likeness (QED) is 0.567. The lowest BCUT2D eigenvalue weighted by Gasteiger charge is -2.07. The van der Waals surface area contributed by atoms with E-state index in [1.165, 1.54) is 0 Å². The van der Waals surface area contributed by atoms with E-state index in [9.17, 15) is 4.79 Å². The lowest BCUT2D eigenvalue weighted by Crippen LogP contribution is -2.06. The second-order valence-corrected chi connectivity index (χ2v) is 4.83. The number of carbonyl (C=O) groups is 1. The number of aromatic nitrogens is 2. The van der Waals surface area contributed by atoms with Crippen molar-refractivity contribution in [3.05, 3.63) is 72.1 Å². The van der Waals surface area contributed by atoms with Gasteiger partial charge in [0, 0.05) is 34.9 Å². The van der Waals surface area contributed by atoms with Crippen LogP contribution in [0.25, 0.3) is 0 Å². The molecule has 2 aromatic carbocycles. The van der Waals surface area contributed by atoms with E-state index in [1.54, 1.807) is 60.9 Å². The first-order chi connectivity index (χ1) is 11.1. The number of anilines is 2. The van der Waals surface area contributed by atoms with Crippen molar-refractivity contribution in [1.82, 2.24) is 9.97 Å². The molecule has 0 spiro atoms. The molecule has 0 aliphatic rings. The first-order valence-electron chi connectivity index (χ1n) is 6.88. The fraction of sp³-hybridized carbons (Fsp3) is 0. The highest BCUT2D eigenvalue weighted by Crippen LogP contribution is 2.22. The lowest BCUT2D eigenvalue weighted by atomic mass is 10.0. The van der Waals surface area contributed by atoms with Gasteiger partial charge in [-0.05, 0) is 48.5 Å². The van der Waals surface area contributed by atoms with Crippen LogP contribution in [0.4, 0.5) is 11.4 Å². The van der Waals surface area contributed by atoms with Crippen LogP contribution in [0.5, 0.6) is 11.8 Å². The summed E-state index contributed by atoms with van der Waals surface area (Å²) in [6.45, 7) is 0. The van der Waals surface area contributed by atoms with Crippen LogP contribution >= 0.6 is 0 Å². The van der Waals surface area contributed by atoms with Gasteiger partial charge in [-0.25, -0.2) is 9.97 Å². The number of nitrogens with two attached hydrogens (primary N) is 2. The Bertz CT molecular complexity index is 833. The number of nitrogens with zero attached hydrogens (tertiary/aromatic N) is 2. The van der Waals surface area contributed by atoms with Gasteiger partial charge in [-0.15, -0.1) is 0 Å². The molecular formula is C17H14N4O2. The van der Waals surface area contributed by atoms with E-state index in [1.807, 2.05) is 0 Å². The summed E-state index contributed by atoms with van der Waals surface area (Å²) in [4.78, 5) is 20.4. The molecular weight excluding hydrogens is 292 g/mol. The Morgan fingerprint density at radius 1 is 0.957 bits per heavy atom. The topological polar surface area (TPSA) is 104 Å². The van der Waals surface area contributed by atoms with Gasteiger partial charge in [0.1, 0.15) is 5.75 Å². The molecule has 23 heavy (non-hydrogen) atoms. The van der Waals surface area contributed by atoms with Gasteiger partial charge in [-0.3, -0.25) is 4.79 Å². The molecule has 0 bridgehead atoms. The molecule has 1 heterocycles. The summed E-state index contributed by atoms with van der Waals surface area (Å²) in [6.07, 6.45) is 3.17. The molecule has 4 N–H and O–H groups in total. The third-order valence-corrected chi connectivity index (χ3v) is 3.19. The molecule has 114 valence electrons. The maximum Gasteiger partial charge on any atom is 0.321 e. The molecule has 0 aliphatic carbocycles. The number of ether oxygens (including phenoxy) is 1. The average molecular weight is 306 g/mol. The molecule has 3 rings (SSSR count). The van der Waals surface area contributed by atoms with Gasteiger partial charge < -0.3 is 16.2 Å². The summed E-state index contributed by atoms with van der Waals surface area (Å²) in [5.74, 6) is 0.339. The summed E-state index contributed by atoms with van der Waals surface area (Å²) < 4.78 is 5.48. The zero-order valence-electron chi connectivity index (χ0n) is 12.1. The molecule has 3 aromatic rings. The van der Waals surface area contributed by atoms with Crippen molar-refractivity contribution < 1.29 is 9.53 Å². The number of ketones is 1. The van der Waals surface area contributed by atoms with Crippen LogP contribution in [0.1, 0.15) is 15.9 Å². The molecule has 1 aromatic heterocycles. The Labute approximate surface area is 132 Å². The summed E-state index contributed by atoms with van der Waals surface area (Å²) in [5, 5.41) is 0. The van der Waals surface area contributed by atoms with Gasteiger partial charge in [-0.2, -0.15) is 0 Å². The monoisotopic (exact) mass is 306 g/mol. The van der Waals surface area contributed by atoms with Crippen molar-refractivity contribution >= 4 is 17.2 Å². The third kappa shape index (κ3) is 3.26. The predicted octanol–water partition coefficient (Wildman–Crippen LogP) is 2.66. The number of benzene rings is 2. The van der Waals surface area contributed by atoms with Crippen LogP contribution in [0.2, 0.25) is 0 Å². The Morgan fingerprint density at radius 2 is 1.65 bits per heavy atom. The third-order valence-electron chi connectivity index (χ3n) is 3.19. The predicted molar refractivity (Wildman–Crippen MR) is 87.2 cm³/mol. The first kappa shape index (κ1) is 14.5. The SMILES string of the molecule is Nc1ccc(N)c(C(=O)c2ccc(Oc3ncccn3)cc2)c1. The smallest absolute Gasteiger partial charge is 0.321 e. The second-order valence-electron chi connectivity index (χ2n) is 4.83. The van der Waals surface area contributed by atoms with Crippen molar-refractivity contribution in [3.8, 4) is 11.8 Å². The minimum atomic E-state index is -0.197. The fourth-order valence-corrected chi connectivity index (χ4v) is 2.04. The molecule has 0 amide bonds. The number of carbonyl (C=O) groups excluding carboxylic acids is 1. The van der Waals surface area contributed by atoms with Crippen LogP contribution in [0, 0.1) is 0 Å². The minimum Gasteiger partial charge on any atom is -0.424 e. The van der Waals surface area contributed by atoms with Crippen LogP contribution in [-0.4, -0.2) is 15.8 Å². The standard InChI is InChI=1S/C17H14N4O2/c18-12-4-7-15(19)14(10-12)16(22)11-2-5-13(6-3-11)23-17-20-8-1-9-21-17/h1-10H,18-19H2. The maximum absolute atomic E-state index is 12.5. The average Bonchev–Trinajstić information content (AvgIpc) is 2.58. The zero-order valence-corrected chi connectivity index (χ0v) is 12.1. The van der Waals surface area contributed by atoms with E-state index in [0.29, 0.717) is 28.3 Å². The van der Waals surface area contributed by atoms with Crippen LogP contribution in [0.3, 0.4) is 0 Å². The summed E-state index contributed by atoms with van der Waals surface area (Å²) in [5.41, 5.74) is 13.3. The summed E-state index contributed by atoms with van der Waals surface area (Å²) in [6, 6.07) is 13.4. The summed E-state index contributed by atoms with van der Waals surface area (Å²) >= 11 is 0. The Morgan fingerprint density at radius 3 is 2.35 bits per heavy atom. The minimum absolute atomic E-state index is 0.197. The fourth-order valence-electron chi connectivity index (χ4n) is 2.04.